The number of carbonyl (C=O) groups excluding carboxylic acids is 3. The number of likely N-dealkylation sites (tertiary alicyclic amines) is 1. The molecule has 2 N–H and O–H groups in total. The number of para-hydroxylation sites is 1. The maximum Gasteiger partial charge on any atom is 0.411 e. The van der Waals surface area contributed by atoms with Crippen LogP contribution in [0.25, 0.3) is 16.6 Å². The van der Waals surface area contributed by atoms with Crippen LogP contribution in [-0.4, -0.2) is 127 Å². The van der Waals surface area contributed by atoms with Crippen LogP contribution in [0.3, 0.4) is 0 Å². The number of nitrogens with one attached hydrogen (secondary N) is 2. The van der Waals surface area contributed by atoms with E-state index in [1.165, 1.54) is 33.9 Å². The molecule has 2 saturated carbocycles. The highest BCUT2D eigenvalue weighted by Crippen LogP contribution is 2.41. The van der Waals surface area contributed by atoms with Crippen LogP contribution in [0.1, 0.15) is 110 Å². The molecule has 5 aromatic rings. The molecule has 68 heavy (non-hydrogen) atoms. The highest BCUT2D eigenvalue weighted by atomic mass is 19.4. The number of hydrogen-bond donors (Lipinski definition) is 2. The summed E-state index contributed by atoms with van der Waals surface area (Å²) in [6.45, 7) is 0.973. The van der Waals surface area contributed by atoms with Gasteiger partial charge in [0.15, 0.2) is 11.3 Å². The molecule has 22 heteroatoms. The number of aromatic nitrogens is 7. The predicted octanol–water partition coefficient (Wildman–Crippen LogP) is 6.30. The number of piperidine rings is 2. The highest BCUT2D eigenvalue weighted by Gasteiger charge is 2.46. The van der Waals surface area contributed by atoms with Gasteiger partial charge in [-0.3, -0.25) is 34.0 Å². The monoisotopic (exact) mass is 949 g/mol. The molecule has 360 valence electrons. The number of alkyl halides is 6. The lowest BCUT2D eigenvalue weighted by molar-refractivity contribution is -0.167. The number of carbonyl (C=O) groups is 3. The number of fused-ring (bicyclic) bond motifs is 2. The van der Waals surface area contributed by atoms with Crippen LogP contribution in [0, 0.1) is 17.8 Å². The van der Waals surface area contributed by atoms with E-state index in [1.54, 1.807) is 0 Å². The molecule has 3 amide bonds. The van der Waals surface area contributed by atoms with Gasteiger partial charge in [0.05, 0.1) is 66.0 Å². The van der Waals surface area contributed by atoms with Crippen molar-refractivity contribution >= 4 is 45.8 Å². The second-order valence-electron chi connectivity index (χ2n) is 18.3. The third-order valence-electron chi connectivity index (χ3n) is 13.7. The Bertz CT molecular complexity index is 2770. The quantitative estimate of drug-likeness (QED) is 0.0868. The first kappa shape index (κ1) is 45.7. The summed E-state index contributed by atoms with van der Waals surface area (Å²) in [5.74, 6) is 4.52. The maximum absolute atomic E-state index is 15.6. The van der Waals surface area contributed by atoms with Gasteiger partial charge in [-0.15, -0.1) is 0 Å². The number of rotatable bonds is 11. The van der Waals surface area contributed by atoms with E-state index in [0.29, 0.717) is 44.5 Å². The third-order valence-corrected chi connectivity index (χ3v) is 13.7. The number of anilines is 2. The molecule has 4 atom stereocenters. The number of ether oxygens (including phenoxy) is 2. The average Bonchev–Trinajstić information content (AvgIpc) is 3.74. The molecule has 7 heterocycles. The topological polar surface area (TPSA) is 166 Å². The number of nitrogens with zero attached hydrogens (tertiary/aromatic N) is 9. The normalized spacial score (nSPS) is 25.2. The minimum atomic E-state index is -4.59. The minimum Gasteiger partial charge on any atom is -0.377 e. The van der Waals surface area contributed by atoms with Crippen molar-refractivity contribution in [2.75, 3.05) is 56.2 Å². The lowest BCUT2D eigenvalue weighted by Gasteiger charge is -2.38. The van der Waals surface area contributed by atoms with Crippen molar-refractivity contribution < 1.29 is 50.2 Å². The molecule has 4 aromatic heterocycles. The Kier molecular flexibility index (Phi) is 12.6. The van der Waals surface area contributed by atoms with Crippen molar-refractivity contribution in [3.63, 3.8) is 0 Å². The lowest BCUT2D eigenvalue weighted by atomic mass is 9.85. The summed E-state index contributed by atoms with van der Waals surface area (Å²) < 4.78 is 101. The summed E-state index contributed by atoms with van der Waals surface area (Å²) in [6, 6.07) is 5.13. The van der Waals surface area contributed by atoms with Gasteiger partial charge in [0, 0.05) is 50.4 Å². The first-order valence-electron chi connectivity index (χ1n) is 23.0. The molecule has 1 unspecified atom stereocenters. The zero-order chi connectivity index (χ0) is 47.3. The largest absolute Gasteiger partial charge is 0.411 e. The van der Waals surface area contributed by atoms with E-state index in [0.717, 1.165) is 47.0 Å². The van der Waals surface area contributed by atoms with Crippen molar-refractivity contribution in [2.24, 2.45) is 5.92 Å². The Morgan fingerprint density at radius 1 is 1.01 bits per heavy atom. The smallest absolute Gasteiger partial charge is 0.377 e. The first-order valence-corrected chi connectivity index (χ1v) is 23.0. The van der Waals surface area contributed by atoms with Crippen LogP contribution >= 0.6 is 0 Å². The molecule has 16 nitrogen and oxygen atoms in total. The van der Waals surface area contributed by atoms with Gasteiger partial charge in [0.1, 0.15) is 30.2 Å². The van der Waals surface area contributed by atoms with E-state index in [1.807, 2.05) is 22.9 Å². The Labute approximate surface area is 385 Å². The third kappa shape index (κ3) is 9.39. The Hall–Kier alpha value is -6.05. The summed E-state index contributed by atoms with van der Waals surface area (Å²) in [4.78, 5) is 45.5. The standard InChI is InChI=1S/C46H49F6N11O5/c47-33-23-59(16-14-35(33)68-19-2-4-27-3-1-5-30-39(31-12-13-38(64)56-44(31)65)58-63(41(27)30)29-10-11-29)22-26-6-8-28(9-7-26)62-24-34(40(57-62)42(48)49)54-45(66)32-21-53-61-17-15-37(55-43(32)61)60-18-20-67-25-36(60)46(50,51)52/h1,3,5,15,17,21,24,26,28-29,31,33,35-36,42H,6-14,16,18-20,22-23,25H2,(H,54,66)(H,56,64,65)/t26-,28-,31?,33-,35+,36-/m0/s1. The summed E-state index contributed by atoms with van der Waals surface area (Å²) >= 11 is 0. The van der Waals surface area contributed by atoms with Gasteiger partial charge in [-0.2, -0.15) is 28.5 Å². The van der Waals surface area contributed by atoms with E-state index >= 15 is 4.39 Å². The molecule has 0 bridgehead atoms. The highest BCUT2D eigenvalue weighted by molar-refractivity contribution is 6.08. The van der Waals surface area contributed by atoms with E-state index in [-0.39, 0.29) is 85.3 Å². The zero-order valence-electron chi connectivity index (χ0n) is 36.8. The molecule has 0 spiro atoms. The zero-order valence-corrected chi connectivity index (χ0v) is 36.8. The lowest BCUT2D eigenvalue weighted by Crippen LogP contribution is -2.54. The number of benzene rings is 1. The van der Waals surface area contributed by atoms with Gasteiger partial charge in [0.2, 0.25) is 11.8 Å². The number of amides is 3. The molecule has 3 saturated heterocycles. The summed E-state index contributed by atoms with van der Waals surface area (Å²) in [5, 5.41) is 18.9. The fourth-order valence-electron chi connectivity index (χ4n) is 10.0. The second-order valence-corrected chi connectivity index (χ2v) is 18.3. The molecule has 5 aliphatic rings. The van der Waals surface area contributed by atoms with Gasteiger partial charge in [0.25, 0.3) is 12.3 Å². The van der Waals surface area contributed by atoms with Crippen molar-refractivity contribution in [1.82, 2.24) is 44.4 Å². The van der Waals surface area contributed by atoms with Crippen LogP contribution < -0.4 is 15.5 Å². The van der Waals surface area contributed by atoms with Gasteiger partial charge in [-0.05, 0) is 69.4 Å². The van der Waals surface area contributed by atoms with Crippen LogP contribution in [0.5, 0.6) is 0 Å². The summed E-state index contributed by atoms with van der Waals surface area (Å²) in [7, 11) is 0. The van der Waals surface area contributed by atoms with Gasteiger partial charge in [-0.1, -0.05) is 24.0 Å². The molecule has 10 rings (SSSR count). The fraction of sp³-hybridized carbons (Fsp3) is 0.543. The molecule has 2 aliphatic carbocycles. The SMILES string of the molecule is O=C1CCC(c2nn(C3CC3)c3c(C#CCO[C@@H]4CCN(C[C@H]5CC[C@H](n6cc(NC(=O)c7cnn8ccc(N9CCOC[C@H]9C(F)(F)F)nc78)c(C(F)F)n6)CC5)C[C@@H]4F)cccc23)C(=O)N1. The minimum absolute atomic E-state index is 0.0376. The number of morpholine rings is 1. The molecule has 1 aromatic carbocycles. The molecular weight excluding hydrogens is 901 g/mol. The van der Waals surface area contributed by atoms with Crippen LogP contribution in [0.4, 0.5) is 37.8 Å². The van der Waals surface area contributed by atoms with E-state index in [4.69, 9.17) is 14.6 Å². The average molecular weight is 950 g/mol. The van der Waals surface area contributed by atoms with Crippen molar-refractivity contribution in [3.8, 4) is 11.8 Å². The Balaban J connectivity index is 0.718. The number of imide groups is 1. The van der Waals surface area contributed by atoms with E-state index in [9.17, 15) is 36.3 Å². The van der Waals surface area contributed by atoms with Crippen LogP contribution in [-0.2, 0) is 19.1 Å². The van der Waals surface area contributed by atoms with Crippen LogP contribution in [0.2, 0.25) is 0 Å². The number of halogens is 6. The Morgan fingerprint density at radius 2 is 1.82 bits per heavy atom. The van der Waals surface area contributed by atoms with Crippen molar-refractivity contribution in [2.45, 2.75) is 107 Å². The first-order chi connectivity index (χ1) is 32.8. The molecule has 3 aliphatic heterocycles. The fourth-order valence-corrected chi connectivity index (χ4v) is 10.0. The molecule has 5 fully saturated rings. The summed E-state index contributed by atoms with van der Waals surface area (Å²) in [6.07, 6.45) is 0.388. The van der Waals surface area contributed by atoms with Crippen molar-refractivity contribution in [3.05, 3.63) is 65.4 Å². The van der Waals surface area contributed by atoms with Gasteiger partial charge in [-0.25, -0.2) is 22.7 Å². The molecular formula is C46H49F6N11O5. The second kappa shape index (κ2) is 18.8. The number of hydrogen-bond acceptors (Lipinski definition) is 11. The van der Waals surface area contributed by atoms with Gasteiger partial charge < -0.3 is 19.7 Å². The van der Waals surface area contributed by atoms with Crippen molar-refractivity contribution in [1.29, 1.82) is 0 Å². The van der Waals surface area contributed by atoms with E-state index in [2.05, 4.69) is 42.6 Å². The van der Waals surface area contributed by atoms with Crippen LogP contribution in [0.15, 0.2) is 42.9 Å². The summed E-state index contributed by atoms with van der Waals surface area (Å²) in [5.41, 5.74) is 1.26. The maximum atomic E-state index is 15.6. The van der Waals surface area contributed by atoms with E-state index < -0.39 is 55.0 Å². The Morgan fingerprint density at radius 3 is 2.57 bits per heavy atom. The molecule has 0 radical (unpaired) electrons. The van der Waals surface area contributed by atoms with Gasteiger partial charge >= 0.3 is 6.18 Å². The predicted molar refractivity (Wildman–Crippen MR) is 233 cm³/mol.